The second-order valence-corrected chi connectivity index (χ2v) is 6.40. The standard InChI is InChI=1S/C9H15FOS2/c1-11-9-3-7-5-13-12-4-6(7)2-8(9)10/h6-9H,2-5H2,1H3. The number of methoxy groups -OCH3 is 1. The largest absolute Gasteiger partial charge is 0.378 e. The first-order valence-electron chi connectivity index (χ1n) is 4.72. The van der Waals surface area contributed by atoms with Crippen molar-refractivity contribution in [3.63, 3.8) is 0 Å². The summed E-state index contributed by atoms with van der Waals surface area (Å²) >= 11 is 0. The van der Waals surface area contributed by atoms with Crippen LogP contribution in [-0.2, 0) is 4.74 Å². The summed E-state index contributed by atoms with van der Waals surface area (Å²) in [5.41, 5.74) is 0. The highest BCUT2D eigenvalue weighted by Crippen LogP contribution is 2.44. The molecule has 1 aliphatic heterocycles. The Morgan fingerprint density at radius 2 is 1.77 bits per heavy atom. The Balaban J connectivity index is 1.97. The molecule has 0 aromatic carbocycles. The van der Waals surface area contributed by atoms with Crippen molar-refractivity contribution in [2.75, 3.05) is 18.6 Å². The molecule has 1 saturated heterocycles. The second-order valence-electron chi connectivity index (χ2n) is 3.85. The van der Waals surface area contributed by atoms with E-state index < -0.39 is 6.17 Å². The Labute approximate surface area is 86.6 Å². The van der Waals surface area contributed by atoms with Crippen molar-refractivity contribution in [2.24, 2.45) is 11.8 Å². The summed E-state index contributed by atoms with van der Waals surface area (Å²) in [6.07, 6.45) is 0.784. The molecule has 76 valence electrons. The number of hydrogen-bond acceptors (Lipinski definition) is 3. The first kappa shape index (κ1) is 10.1. The number of alkyl halides is 1. The van der Waals surface area contributed by atoms with Gasteiger partial charge in [0.1, 0.15) is 6.17 Å². The third-order valence-corrected chi connectivity index (χ3v) is 5.70. The molecular weight excluding hydrogens is 207 g/mol. The van der Waals surface area contributed by atoms with Gasteiger partial charge in [0.2, 0.25) is 0 Å². The topological polar surface area (TPSA) is 9.23 Å². The lowest BCUT2D eigenvalue weighted by Gasteiger charge is -2.39. The van der Waals surface area contributed by atoms with E-state index in [9.17, 15) is 4.39 Å². The number of fused-ring (bicyclic) bond motifs is 1. The van der Waals surface area contributed by atoms with Gasteiger partial charge in [0.15, 0.2) is 0 Å². The highest BCUT2D eigenvalue weighted by atomic mass is 33.1. The van der Waals surface area contributed by atoms with E-state index in [0.717, 1.165) is 18.6 Å². The molecule has 2 fully saturated rings. The minimum absolute atomic E-state index is 0.134. The van der Waals surface area contributed by atoms with Crippen LogP contribution in [0.3, 0.4) is 0 Å². The van der Waals surface area contributed by atoms with Crippen molar-refractivity contribution in [1.29, 1.82) is 0 Å². The molecule has 2 aliphatic rings. The molecular formula is C9H15FOS2. The molecule has 1 heterocycles. The van der Waals surface area contributed by atoms with Gasteiger partial charge in [0.05, 0.1) is 6.10 Å². The first-order chi connectivity index (χ1) is 6.31. The van der Waals surface area contributed by atoms with E-state index >= 15 is 0 Å². The SMILES string of the molecule is COC1CC2CSSCC2CC1F. The lowest BCUT2D eigenvalue weighted by atomic mass is 9.79. The van der Waals surface area contributed by atoms with Crippen molar-refractivity contribution < 1.29 is 9.13 Å². The summed E-state index contributed by atoms with van der Waals surface area (Å²) in [5.74, 6) is 3.62. The van der Waals surface area contributed by atoms with Crippen molar-refractivity contribution in [1.82, 2.24) is 0 Å². The molecule has 1 aliphatic carbocycles. The van der Waals surface area contributed by atoms with Gasteiger partial charge in [0.25, 0.3) is 0 Å². The molecule has 2 rings (SSSR count). The number of halogens is 1. The van der Waals surface area contributed by atoms with Crippen LogP contribution in [0.5, 0.6) is 0 Å². The predicted octanol–water partition coefficient (Wildman–Crippen LogP) is 2.76. The van der Waals surface area contributed by atoms with E-state index in [4.69, 9.17) is 4.74 Å². The Morgan fingerprint density at radius 3 is 2.38 bits per heavy atom. The smallest absolute Gasteiger partial charge is 0.126 e. The van der Waals surface area contributed by atoms with Gasteiger partial charge in [-0.2, -0.15) is 0 Å². The zero-order valence-electron chi connectivity index (χ0n) is 7.74. The van der Waals surface area contributed by atoms with Gasteiger partial charge in [-0.3, -0.25) is 0 Å². The second kappa shape index (κ2) is 4.41. The van der Waals surface area contributed by atoms with Crippen LogP contribution in [0.25, 0.3) is 0 Å². The quantitative estimate of drug-likeness (QED) is 0.631. The van der Waals surface area contributed by atoms with Gasteiger partial charge in [-0.1, -0.05) is 21.6 Å². The zero-order valence-corrected chi connectivity index (χ0v) is 9.37. The Morgan fingerprint density at radius 1 is 1.15 bits per heavy atom. The molecule has 0 aromatic rings. The van der Waals surface area contributed by atoms with Gasteiger partial charge in [-0.15, -0.1) is 0 Å². The minimum atomic E-state index is -0.727. The number of hydrogen-bond donors (Lipinski definition) is 0. The Bertz CT molecular complexity index is 179. The fraction of sp³-hybridized carbons (Fsp3) is 1.00. The van der Waals surface area contributed by atoms with Gasteiger partial charge in [-0.05, 0) is 24.7 Å². The van der Waals surface area contributed by atoms with E-state index in [1.807, 2.05) is 21.6 Å². The Hall–Kier alpha value is 0.590. The first-order valence-corrected chi connectivity index (χ1v) is 7.21. The zero-order chi connectivity index (χ0) is 9.26. The summed E-state index contributed by atoms with van der Waals surface area (Å²) in [7, 11) is 5.46. The van der Waals surface area contributed by atoms with Crippen LogP contribution in [0.2, 0.25) is 0 Å². The van der Waals surface area contributed by atoms with E-state index in [-0.39, 0.29) is 6.10 Å². The number of rotatable bonds is 1. The maximum Gasteiger partial charge on any atom is 0.126 e. The van der Waals surface area contributed by atoms with Crippen LogP contribution >= 0.6 is 21.6 Å². The molecule has 1 saturated carbocycles. The molecule has 1 nitrogen and oxygen atoms in total. The maximum absolute atomic E-state index is 13.5. The summed E-state index contributed by atoms with van der Waals surface area (Å²) < 4.78 is 18.6. The van der Waals surface area contributed by atoms with Crippen molar-refractivity contribution in [3.8, 4) is 0 Å². The lowest BCUT2D eigenvalue weighted by molar-refractivity contribution is -0.0240. The molecule has 4 heteroatoms. The van der Waals surface area contributed by atoms with Crippen molar-refractivity contribution >= 4 is 21.6 Å². The van der Waals surface area contributed by atoms with Gasteiger partial charge >= 0.3 is 0 Å². The van der Waals surface area contributed by atoms with Gasteiger partial charge < -0.3 is 4.74 Å². The molecule has 4 atom stereocenters. The molecule has 0 amide bonds. The average molecular weight is 222 g/mol. The molecule has 0 radical (unpaired) electrons. The third kappa shape index (κ3) is 2.16. The molecule has 4 unspecified atom stereocenters. The minimum Gasteiger partial charge on any atom is -0.378 e. The van der Waals surface area contributed by atoms with Crippen LogP contribution in [0.1, 0.15) is 12.8 Å². The van der Waals surface area contributed by atoms with E-state index in [1.165, 1.54) is 5.75 Å². The van der Waals surface area contributed by atoms with Crippen LogP contribution in [-0.4, -0.2) is 30.9 Å². The third-order valence-electron chi connectivity index (χ3n) is 3.08. The van der Waals surface area contributed by atoms with Crippen molar-refractivity contribution in [2.45, 2.75) is 25.1 Å². The highest BCUT2D eigenvalue weighted by molar-refractivity contribution is 8.76. The van der Waals surface area contributed by atoms with Crippen LogP contribution in [0.15, 0.2) is 0 Å². The lowest BCUT2D eigenvalue weighted by Crippen LogP contribution is -2.40. The molecule has 0 aromatic heterocycles. The summed E-state index contributed by atoms with van der Waals surface area (Å²) in [6.45, 7) is 0. The highest BCUT2D eigenvalue weighted by Gasteiger charge is 2.38. The van der Waals surface area contributed by atoms with E-state index in [1.54, 1.807) is 7.11 Å². The molecule has 0 N–H and O–H groups in total. The van der Waals surface area contributed by atoms with E-state index in [0.29, 0.717) is 11.8 Å². The normalized spacial score (nSPS) is 45.7. The van der Waals surface area contributed by atoms with Crippen LogP contribution < -0.4 is 0 Å². The average Bonchev–Trinajstić information content (AvgIpc) is 2.17. The van der Waals surface area contributed by atoms with E-state index in [2.05, 4.69) is 0 Å². The van der Waals surface area contributed by atoms with Gasteiger partial charge in [-0.25, -0.2) is 4.39 Å². The molecule has 13 heavy (non-hydrogen) atoms. The Kier molecular flexibility index (Phi) is 3.43. The van der Waals surface area contributed by atoms with Crippen molar-refractivity contribution in [3.05, 3.63) is 0 Å². The van der Waals surface area contributed by atoms with Gasteiger partial charge in [0, 0.05) is 18.6 Å². The van der Waals surface area contributed by atoms with Crippen LogP contribution in [0, 0.1) is 11.8 Å². The summed E-state index contributed by atoms with van der Waals surface area (Å²) in [5, 5.41) is 0. The van der Waals surface area contributed by atoms with Crippen LogP contribution in [0.4, 0.5) is 4.39 Å². The molecule has 0 bridgehead atoms. The monoisotopic (exact) mass is 222 g/mol. The number of ether oxygens (including phenoxy) is 1. The fourth-order valence-electron chi connectivity index (χ4n) is 2.20. The fourth-order valence-corrected chi connectivity index (χ4v) is 5.18. The summed E-state index contributed by atoms with van der Waals surface area (Å²) in [4.78, 5) is 0. The maximum atomic E-state index is 13.5. The molecule has 0 spiro atoms. The summed E-state index contributed by atoms with van der Waals surface area (Å²) in [6, 6.07) is 0. The predicted molar refractivity (Wildman–Crippen MR) is 56.8 cm³/mol.